The van der Waals surface area contributed by atoms with Crippen molar-refractivity contribution in [2.24, 2.45) is 0 Å². The summed E-state index contributed by atoms with van der Waals surface area (Å²) in [5, 5.41) is 6.44. The van der Waals surface area contributed by atoms with E-state index in [1.807, 2.05) is 0 Å². The van der Waals surface area contributed by atoms with E-state index in [1.54, 1.807) is 12.1 Å². The Balaban J connectivity index is 1.95. The van der Waals surface area contributed by atoms with Crippen LogP contribution in [0.2, 0.25) is 0 Å². The maximum Gasteiger partial charge on any atom is 0.241 e. The van der Waals surface area contributed by atoms with Crippen LogP contribution in [-0.4, -0.2) is 30.1 Å². The molecule has 0 spiro atoms. The maximum atomic E-state index is 12.1. The monoisotopic (exact) mass is 359 g/mol. The molecule has 2 rings (SSSR count). The summed E-state index contributed by atoms with van der Waals surface area (Å²) in [6.45, 7) is 0.310. The number of nitrogens with one attached hydrogen (secondary N) is 2. The van der Waals surface area contributed by atoms with Crippen molar-refractivity contribution >= 4 is 31.6 Å². The number of nitrogens with two attached hydrogens (primary N) is 1. The van der Waals surface area contributed by atoms with Gasteiger partial charge in [0.1, 0.15) is 12.2 Å². The Morgan fingerprint density at radius 2 is 2.20 bits per heavy atom. The molecule has 0 aliphatic rings. The summed E-state index contributed by atoms with van der Waals surface area (Å²) in [6, 6.07) is 4.66. The van der Waals surface area contributed by atoms with Crippen molar-refractivity contribution in [3.63, 3.8) is 0 Å². The van der Waals surface area contributed by atoms with Gasteiger partial charge in [0, 0.05) is 23.1 Å². The molecule has 0 fully saturated rings. The summed E-state index contributed by atoms with van der Waals surface area (Å²) in [6.07, 6.45) is 2.67. The summed E-state index contributed by atoms with van der Waals surface area (Å²) < 4.78 is 27.3. The lowest BCUT2D eigenvalue weighted by molar-refractivity contribution is 0.578. The van der Waals surface area contributed by atoms with E-state index in [9.17, 15) is 8.42 Å². The third kappa shape index (κ3) is 3.78. The zero-order valence-electron chi connectivity index (χ0n) is 10.5. The Labute approximate surface area is 125 Å². The summed E-state index contributed by atoms with van der Waals surface area (Å²) in [7, 11) is -3.58. The van der Waals surface area contributed by atoms with Crippen molar-refractivity contribution in [1.29, 1.82) is 0 Å². The second-order valence-corrected chi connectivity index (χ2v) is 6.71. The fourth-order valence-electron chi connectivity index (χ4n) is 1.62. The first kappa shape index (κ1) is 14.9. The Hall–Kier alpha value is -1.45. The molecule has 108 valence electrons. The lowest BCUT2D eigenvalue weighted by Gasteiger charge is -2.08. The highest BCUT2D eigenvalue weighted by Crippen LogP contribution is 2.23. The number of rotatable bonds is 6. The largest absolute Gasteiger partial charge is 0.399 e. The lowest BCUT2D eigenvalue weighted by Crippen LogP contribution is -2.25. The van der Waals surface area contributed by atoms with Crippen molar-refractivity contribution in [3.05, 3.63) is 34.8 Å². The van der Waals surface area contributed by atoms with E-state index >= 15 is 0 Å². The fourth-order valence-corrected chi connectivity index (χ4v) is 3.69. The van der Waals surface area contributed by atoms with Gasteiger partial charge < -0.3 is 5.73 Å². The van der Waals surface area contributed by atoms with Gasteiger partial charge in [0.2, 0.25) is 10.0 Å². The molecular formula is C11H14BrN5O2S. The number of halogens is 1. The highest BCUT2D eigenvalue weighted by atomic mass is 79.9. The standard InChI is InChI=1S/C11H14BrN5O2S/c12-9-4-3-8(13)6-10(9)20(18,19)16-5-1-2-11-14-7-15-17-11/h3-4,6-7,16H,1-2,5,13H2,(H,14,15,17). The molecule has 0 amide bonds. The van der Waals surface area contributed by atoms with E-state index in [1.165, 1.54) is 12.4 Å². The number of sulfonamides is 1. The summed E-state index contributed by atoms with van der Waals surface area (Å²) in [5.74, 6) is 0.731. The summed E-state index contributed by atoms with van der Waals surface area (Å²) in [4.78, 5) is 4.10. The van der Waals surface area contributed by atoms with E-state index in [0.717, 1.165) is 5.82 Å². The van der Waals surface area contributed by atoms with Gasteiger partial charge in [0.15, 0.2) is 0 Å². The number of nitrogen functional groups attached to an aromatic ring is 1. The zero-order valence-corrected chi connectivity index (χ0v) is 12.9. The molecule has 0 unspecified atom stereocenters. The van der Waals surface area contributed by atoms with Crippen LogP contribution in [0.15, 0.2) is 33.9 Å². The Bertz CT molecular complexity index is 672. The van der Waals surface area contributed by atoms with Crippen molar-refractivity contribution < 1.29 is 8.42 Å². The molecule has 0 atom stereocenters. The van der Waals surface area contributed by atoms with Gasteiger partial charge in [0.25, 0.3) is 0 Å². The summed E-state index contributed by atoms with van der Waals surface area (Å²) in [5.41, 5.74) is 6.01. The average Bonchev–Trinajstić information content (AvgIpc) is 2.90. The molecule has 0 radical (unpaired) electrons. The molecule has 2 aromatic rings. The molecule has 0 saturated carbocycles. The second-order valence-electron chi connectivity index (χ2n) is 4.12. The van der Waals surface area contributed by atoms with Crippen LogP contribution in [0.3, 0.4) is 0 Å². The average molecular weight is 360 g/mol. The Kier molecular flexibility index (Phi) is 4.73. The van der Waals surface area contributed by atoms with E-state index < -0.39 is 10.0 Å². The van der Waals surface area contributed by atoms with Crippen LogP contribution in [0.4, 0.5) is 5.69 Å². The van der Waals surface area contributed by atoms with Crippen LogP contribution in [-0.2, 0) is 16.4 Å². The molecule has 4 N–H and O–H groups in total. The minimum absolute atomic E-state index is 0.136. The highest BCUT2D eigenvalue weighted by Gasteiger charge is 2.17. The molecule has 1 aromatic carbocycles. The first-order valence-electron chi connectivity index (χ1n) is 5.88. The molecule has 1 heterocycles. The number of H-pyrrole nitrogens is 1. The van der Waals surface area contributed by atoms with Crippen LogP contribution < -0.4 is 10.5 Å². The van der Waals surface area contributed by atoms with Crippen molar-refractivity contribution in [1.82, 2.24) is 19.9 Å². The van der Waals surface area contributed by atoms with Crippen LogP contribution in [0, 0.1) is 0 Å². The van der Waals surface area contributed by atoms with E-state index in [-0.39, 0.29) is 4.90 Å². The smallest absolute Gasteiger partial charge is 0.241 e. The first-order valence-corrected chi connectivity index (χ1v) is 8.15. The van der Waals surface area contributed by atoms with Crippen LogP contribution in [0.1, 0.15) is 12.2 Å². The van der Waals surface area contributed by atoms with Gasteiger partial charge in [-0.25, -0.2) is 18.1 Å². The van der Waals surface area contributed by atoms with E-state index in [0.29, 0.717) is 29.5 Å². The van der Waals surface area contributed by atoms with Crippen molar-refractivity contribution in [2.45, 2.75) is 17.7 Å². The van der Waals surface area contributed by atoms with Gasteiger partial charge in [-0.15, -0.1) is 0 Å². The third-order valence-corrected chi connectivity index (χ3v) is 5.05. The Morgan fingerprint density at radius 1 is 1.40 bits per heavy atom. The van der Waals surface area contributed by atoms with Crippen LogP contribution in [0.25, 0.3) is 0 Å². The maximum absolute atomic E-state index is 12.1. The third-order valence-electron chi connectivity index (χ3n) is 2.59. The number of aromatic amines is 1. The van der Waals surface area contributed by atoms with Gasteiger partial charge in [-0.2, -0.15) is 5.10 Å². The van der Waals surface area contributed by atoms with E-state index in [2.05, 4.69) is 35.8 Å². The molecule has 1 aromatic heterocycles. The number of hydrogen-bond acceptors (Lipinski definition) is 5. The predicted octanol–water partition coefficient (Wildman–Crippen LogP) is 1.06. The van der Waals surface area contributed by atoms with Gasteiger partial charge in [-0.05, 0) is 40.5 Å². The number of benzene rings is 1. The summed E-state index contributed by atoms with van der Waals surface area (Å²) >= 11 is 3.21. The number of nitrogens with zero attached hydrogens (tertiary/aromatic N) is 2. The topological polar surface area (TPSA) is 114 Å². The molecule has 0 aliphatic heterocycles. The highest BCUT2D eigenvalue weighted by molar-refractivity contribution is 9.10. The number of aryl methyl sites for hydroxylation is 1. The van der Waals surface area contributed by atoms with Crippen molar-refractivity contribution in [3.8, 4) is 0 Å². The molecule has 9 heteroatoms. The zero-order chi connectivity index (χ0) is 14.6. The first-order chi connectivity index (χ1) is 9.49. The molecular weight excluding hydrogens is 346 g/mol. The number of aromatic nitrogens is 3. The minimum Gasteiger partial charge on any atom is -0.399 e. The normalized spacial score (nSPS) is 11.7. The van der Waals surface area contributed by atoms with Gasteiger partial charge in [-0.3, -0.25) is 5.10 Å². The number of anilines is 1. The van der Waals surface area contributed by atoms with Crippen molar-refractivity contribution in [2.75, 3.05) is 12.3 Å². The Morgan fingerprint density at radius 3 is 2.90 bits per heavy atom. The van der Waals surface area contributed by atoms with Gasteiger partial charge in [-0.1, -0.05) is 0 Å². The van der Waals surface area contributed by atoms with Gasteiger partial charge in [0.05, 0.1) is 4.90 Å². The molecule has 20 heavy (non-hydrogen) atoms. The second kappa shape index (κ2) is 6.33. The van der Waals surface area contributed by atoms with Crippen LogP contribution >= 0.6 is 15.9 Å². The quantitative estimate of drug-likeness (QED) is 0.527. The van der Waals surface area contributed by atoms with E-state index in [4.69, 9.17) is 5.73 Å². The lowest BCUT2D eigenvalue weighted by atomic mass is 10.3. The van der Waals surface area contributed by atoms with Gasteiger partial charge >= 0.3 is 0 Å². The molecule has 7 nitrogen and oxygen atoms in total. The minimum atomic E-state index is -3.58. The van der Waals surface area contributed by atoms with Crippen LogP contribution in [0.5, 0.6) is 0 Å². The predicted molar refractivity (Wildman–Crippen MR) is 78.4 cm³/mol. The fraction of sp³-hybridized carbons (Fsp3) is 0.273. The SMILES string of the molecule is Nc1ccc(Br)c(S(=O)(=O)NCCCc2ncn[nH]2)c1. The number of hydrogen-bond donors (Lipinski definition) is 3. The molecule has 0 bridgehead atoms. The molecule has 0 aliphatic carbocycles. The molecule has 0 saturated heterocycles.